The van der Waals surface area contributed by atoms with E-state index in [0.29, 0.717) is 48.6 Å². The zero-order valence-corrected chi connectivity index (χ0v) is 25.7. The van der Waals surface area contributed by atoms with Gasteiger partial charge in [0.15, 0.2) is 0 Å². The van der Waals surface area contributed by atoms with Gasteiger partial charge in [0.1, 0.15) is 11.6 Å². The number of halogens is 2. The normalized spacial score (nSPS) is 12.5. The standard InChI is InChI=1S/C26H39Cl2N5O9/c1-26(2,3)42-25(36)32-22(17-41-12-11-40-10-9-39-8-7-38-6-5-30-33-29)24(35)31-21(16-23(34)37-4)18-13-19(27)15-20(28)14-18/h13-15,21-22H,5-12,16-17H2,1-4H3,(H,31,35)(H,32,36)/t21?,22-/m0/s1. The molecule has 14 nitrogen and oxygen atoms in total. The fraction of sp³-hybridized carbons (Fsp3) is 0.654. The van der Waals surface area contributed by atoms with Gasteiger partial charge in [0, 0.05) is 21.5 Å². The van der Waals surface area contributed by atoms with Gasteiger partial charge in [-0.15, -0.1) is 0 Å². The molecule has 1 aromatic rings. The highest BCUT2D eigenvalue weighted by atomic mass is 35.5. The molecule has 0 aromatic heterocycles. The van der Waals surface area contributed by atoms with Gasteiger partial charge in [-0.1, -0.05) is 28.3 Å². The number of rotatable bonds is 20. The molecule has 0 bridgehead atoms. The number of hydrogen-bond acceptors (Lipinski definition) is 10. The third kappa shape index (κ3) is 17.9. The van der Waals surface area contributed by atoms with Crippen LogP contribution in [0.5, 0.6) is 0 Å². The maximum atomic E-state index is 13.3. The number of esters is 1. The second-order valence-corrected chi connectivity index (χ2v) is 10.5. The second kappa shape index (κ2) is 20.9. The van der Waals surface area contributed by atoms with Crippen LogP contribution in [0.15, 0.2) is 23.3 Å². The fourth-order valence-corrected chi connectivity index (χ4v) is 3.74. The number of ether oxygens (including phenoxy) is 6. The van der Waals surface area contributed by atoms with Gasteiger partial charge >= 0.3 is 12.1 Å². The van der Waals surface area contributed by atoms with E-state index in [2.05, 4.69) is 20.7 Å². The van der Waals surface area contributed by atoms with Crippen LogP contribution in [0.4, 0.5) is 4.79 Å². The van der Waals surface area contributed by atoms with Crippen molar-refractivity contribution in [3.8, 4) is 0 Å². The van der Waals surface area contributed by atoms with E-state index in [1.807, 2.05) is 0 Å². The lowest BCUT2D eigenvalue weighted by molar-refractivity contribution is -0.141. The first-order chi connectivity index (χ1) is 19.9. The van der Waals surface area contributed by atoms with Gasteiger partial charge in [0.05, 0.1) is 72.4 Å². The van der Waals surface area contributed by atoms with Crippen molar-refractivity contribution in [3.63, 3.8) is 0 Å². The number of alkyl carbamates (subject to hydrolysis) is 1. The van der Waals surface area contributed by atoms with Crippen molar-refractivity contribution in [1.29, 1.82) is 0 Å². The van der Waals surface area contributed by atoms with Crippen molar-refractivity contribution in [2.24, 2.45) is 5.11 Å². The molecular weight excluding hydrogens is 597 g/mol. The Hall–Kier alpha value is -2.84. The molecule has 0 heterocycles. The predicted molar refractivity (Wildman–Crippen MR) is 154 cm³/mol. The zero-order chi connectivity index (χ0) is 31.4. The number of nitrogens with one attached hydrogen (secondary N) is 2. The molecule has 0 saturated carbocycles. The van der Waals surface area contributed by atoms with E-state index in [1.54, 1.807) is 32.9 Å². The maximum Gasteiger partial charge on any atom is 0.408 e. The minimum Gasteiger partial charge on any atom is -0.469 e. The summed E-state index contributed by atoms with van der Waals surface area (Å²) in [6.07, 6.45) is -1.03. The van der Waals surface area contributed by atoms with Crippen LogP contribution in [0.3, 0.4) is 0 Å². The largest absolute Gasteiger partial charge is 0.469 e. The Morgan fingerprint density at radius 1 is 0.905 bits per heavy atom. The molecule has 2 N–H and O–H groups in total. The van der Waals surface area contributed by atoms with Crippen LogP contribution < -0.4 is 10.6 Å². The molecule has 0 radical (unpaired) electrons. The minimum atomic E-state index is -1.17. The molecule has 0 aliphatic rings. The van der Waals surface area contributed by atoms with Gasteiger partial charge in [0.2, 0.25) is 5.91 Å². The van der Waals surface area contributed by atoms with Crippen molar-refractivity contribution in [2.75, 3.05) is 66.5 Å². The average Bonchev–Trinajstić information content (AvgIpc) is 2.90. The molecule has 42 heavy (non-hydrogen) atoms. The highest BCUT2D eigenvalue weighted by Gasteiger charge is 2.28. The number of hydrogen-bond donors (Lipinski definition) is 2. The summed E-state index contributed by atoms with van der Waals surface area (Å²) in [4.78, 5) is 40.4. The summed E-state index contributed by atoms with van der Waals surface area (Å²) in [5.41, 5.74) is 7.85. The van der Waals surface area contributed by atoms with Gasteiger partial charge in [-0.25, -0.2) is 4.79 Å². The van der Waals surface area contributed by atoms with Crippen LogP contribution in [0.25, 0.3) is 10.4 Å². The molecule has 1 unspecified atom stereocenters. The molecule has 1 aromatic carbocycles. The zero-order valence-electron chi connectivity index (χ0n) is 24.2. The summed E-state index contributed by atoms with van der Waals surface area (Å²) in [5.74, 6) is -1.22. The first kappa shape index (κ1) is 37.2. The third-order valence-electron chi connectivity index (χ3n) is 5.01. The van der Waals surface area contributed by atoms with Crippen molar-refractivity contribution in [2.45, 2.75) is 44.9 Å². The number of azide groups is 1. The van der Waals surface area contributed by atoms with E-state index in [9.17, 15) is 14.4 Å². The number of carbonyl (C=O) groups excluding carboxylic acids is 3. The molecule has 236 valence electrons. The van der Waals surface area contributed by atoms with Gasteiger partial charge in [-0.05, 0) is 50.1 Å². The Morgan fingerprint density at radius 2 is 1.45 bits per heavy atom. The lowest BCUT2D eigenvalue weighted by atomic mass is 10.0. The van der Waals surface area contributed by atoms with Gasteiger partial charge in [0.25, 0.3) is 0 Å². The Morgan fingerprint density at radius 3 is 1.98 bits per heavy atom. The van der Waals surface area contributed by atoms with Crippen LogP contribution in [0.1, 0.15) is 38.8 Å². The van der Waals surface area contributed by atoms with Crippen LogP contribution in [-0.2, 0) is 38.0 Å². The average molecular weight is 637 g/mol. The van der Waals surface area contributed by atoms with Crippen molar-refractivity contribution in [3.05, 3.63) is 44.3 Å². The first-order valence-corrected chi connectivity index (χ1v) is 13.8. The Bertz CT molecular complexity index is 1020. The van der Waals surface area contributed by atoms with E-state index in [-0.39, 0.29) is 32.8 Å². The highest BCUT2D eigenvalue weighted by Crippen LogP contribution is 2.26. The molecule has 1 rings (SSSR count). The van der Waals surface area contributed by atoms with Crippen LogP contribution in [0.2, 0.25) is 10.0 Å². The summed E-state index contributed by atoms with van der Waals surface area (Å²) < 4.78 is 31.7. The quantitative estimate of drug-likeness (QED) is 0.0704. The smallest absolute Gasteiger partial charge is 0.408 e. The lowest BCUT2D eigenvalue weighted by Gasteiger charge is -2.25. The Kier molecular flexibility index (Phi) is 18.5. The molecule has 16 heteroatoms. The molecule has 0 saturated heterocycles. The second-order valence-electron chi connectivity index (χ2n) is 9.61. The number of benzene rings is 1. The van der Waals surface area contributed by atoms with E-state index in [0.717, 1.165) is 0 Å². The highest BCUT2D eigenvalue weighted by molar-refractivity contribution is 6.34. The summed E-state index contributed by atoms with van der Waals surface area (Å²) >= 11 is 12.2. The minimum absolute atomic E-state index is 0.123. The topological polar surface area (TPSA) is 179 Å². The summed E-state index contributed by atoms with van der Waals surface area (Å²) in [6.45, 7) is 7.14. The molecule has 2 atom stereocenters. The van der Waals surface area contributed by atoms with Crippen LogP contribution >= 0.6 is 23.2 Å². The third-order valence-corrected chi connectivity index (χ3v) is 5.45. The lowest BCUT2D eigenvalue weighted by Crippen LogP contribution is -2.51. The van der Waals surface area contributed by atoms with E-state index < -0.39 is 35.7 Å². The maximum absolute atomic E-state index is 13.3. The van der Waals surface area contributed by atoms with Crippen molar-refractivity contribution < 1.29 is 42.8 Å². The van der Waals surface area contributed by atoms with Gasteiger partial charge in [-0.2, -0.15) is 0 Å². The molecule has 2 amide bonds. The number of methoxy groups -OCH3 is 1. The summed E-state index contributed by atoms with van der Waals surface area (Å²) in [7, 11) is 1.23. The summed E-state index contributed by atoms with van der Waals surface area (Å²) in [6, 6.07) is 2.62. The Balaban J connectivity index is 2.65. The SMILES string of the molecule is COC(=O)CC(NC(=O)[C@H](COCCOCCOCCOCCN=[N+]=[N-])NC(=O)OC(C)(C)C)c1cc(Cl)cc(Cl)c1. The molecule has 0 aliphatic heterocycles. The van der Waals surface area contributed by atoms with Crippen LogP contribution in [0, 0.1) is 0 Å². The van der Waals surface area contributed by atoms with Crippen LogP contribution in [-0.4, -0.2) is 96.1 Å². The molecule has 0 spiro atoms. The van der Waals surface area contributed by atoms with E-state index in [4.69, 9.17) is 57.2 Å². The number of carbonyl (C=O) groups is 3. The number of amides is 2. The van der Waals surface area contributed by atoms with E-state index >= 15 is 0 Å². The predicted octanol–water partition coefficient (Wildman–Crippen LogP) is 3.98. The van der Waals surface area contributed by atoms with E-state index in [1.165, 1.54) is 13.2 Å². The summed E-state index contributed by atoms with van der Waals surface area (Å²) in [5, 5.41) is 9.22. The Labute approximate surface area is 255 Å². The fourth-order valence-electron chi connectivity index (χ4n) is 3.19. The van der Waals surface area contributed by atoms with Crippen molar-refractivity contribution >= 4 is 41.2 Å². The monoisotopic (exact) mass is 635 g/mol. The van der Waals surface area contributed by atoms with Gasteiger partial charge < -0.3 is 39.1 Å². The molecule has 0 fully saturated rings. The molecule has 0 aliphatic carbocycles. The first-order valence-electron chi connectivity index (χ1n) is 13.1. The van der Waals surface area contributed by atoms with Crippen molar-refractivity contribution in [1.82, 2.24) is 10.6 Å². The number of nitrogens with zero attached hydrogens (tertiary/aromatic N) is 3. The van der Waals surface area contributed by atoms with Gasteiger partial charge in [-0.3, -0.25) is 9.59 Å². The molecular formula is C26H39Cl2N5O9.